The molecule has 1 heterocycles. The van der Waals surface area contributed by atoms with Gasteiger partial charge in [0, 0.05) is 19.6 Å². The molecule has 0 saturated heterocycles. The molecule has 0 atom stereocenters. The lowest BCUT2D eigenvalue weighted by atomic mass is 9.86. The van der Waals surface area contributed by atoms with Gasteiger partial charge in [0.15, 0.2) is 0 Å². The van der Waals surface area contributed by atoms with E-state index in [1.807, 2.05) is 0 Å². The fourth-order valence-electron chi connectivity index (χ4n) is 3.78. The molecular weight excluding hydrogens is 334 g/mol. The minimum atomic E-state index is 0.779. The quantitative estimate of drug-likeness (QED) is 0.766. The highest BCUT2D eigenvalue weighted by Gasteiger charge is 2.31. The van der Waals surface area contributed by atoms with Crippen LogP contribution >= 0.6 is 0 Å². The second-order valence-corrected chi connectivity index (χ2v) is 6.84. The van der Waals surface area contributed by atoms with Gasteiger partial charge in [-0.25, -0.2) is 0 Å². The van der Waals surface area contributed by atoms with Gasteiger partial charge >= 0.3 is 5.78 Å². The van der Waals surface area contributed by atoms with E-state index in [2.05, 4.69) is 77.7 Å². The van der Waals surface area contributed by atoms with Gasteiger partial charge in [0.2, 0.25) is 5.76 Å². The molecule has 2 aliphatic rings. The number of ether oxygens (including phenoxy) is 1. The van der Waals surface area contributed by atoms with Crippen LogP contribution in [0.4, 0.5) is 0 Å². The molecule has 1 aliphatic carbocycles. The highest BCUT2D eigenvalue weighted by atomic mass is 16.5. The summed E-state index contributed by atoms with van der Waals surface area (Å²) < 4.78 is 11.1. The molecule has 2 aromatic rings. The third kappa shape index (κ3) is 3.64. The Bertz CT molecular complexity index is 937. The molecule has 3 nitrogen and oxygen atoms in total. The minimum Gasteiger partial charge on any atom is -0.488 e. The monoisotopic (exact) mass is 358 g/mol. The van der Waals surface area contributed by atoms with Crippen LogP contribution < -0.4 is 0 Å². The molecule has 1 aliphatic heterocycles. The fourth-order valence-corrected chi connectivity index (χ4v) is 3.78. The van der Waals surface area contributed by atoms with Crippen molar-refractivity contribution in [2.45, 2.75) is 6.54 Å². The number of nitrogens with zero attached hydrogens (tertiary/aromatic N) is 1. The second kappa shape index (κ2) is 7.77. The molecule has 0 amide bonds. The lowest BCUT2D eigenvalue weighted by Gasteiger charge is -2.33. The summed E-state index contributed by atoms with van der Waals surface area (Å²) in [6.45, 7) is 2.72. The molecule has 3 heteroatoms. The third-order valence-electron chi connectivity index (χ3n) is 5.08. The predicted octanol–water partition coefficient (Wildman–Crippen LogP) is 4.16. The van der Waals surface area contributed by atoms with Gasteiger partial charge in [-0.1, -0.05) is 60.7 Å². The Morgan fingerprint density at radius 3 is 2.30 bits per heavy atom. The lowest BCUT2D eigenvalue weighted by Crippen LogP contribution is -2.33. The average Bonchev–Trinajstić information content (AvgIpc) is 2.73. The Labute approximate surface area is 160 Å². The van der Waals surface area contributed by atoms with Crippen LogP contribution in [0, 0.1) is 0 Å². The van der Waals surface area contributed by atoms with Gasteiger partial charge in [-0.2, -0.15) is 0 Å². The Balaban J connectivity index is 1.76. The van der Waals surface area contributed by atoms with E-state index in [0.29, 0.717) is 0 Å². The van der Waals surface area contributed by atoms with E-state index in [-0.39, 0.29) is 0 Å². The summed E-state index contributed by atoms with van der Waals surface area (Å²) in [7, 11) is 3.38. The predicted molar refractivity (Wildman–Crippen MR) is 109 cm³/mol. The summed E-state index contributed by atoms with van der Waals surface area (Å²) in [6.07, 6.45) is 4.24. The Morgan fingerprint density at radius 1 is 0.926 bits per heavy atom. The first kappa shape index (κ1) is 17.5. The molecule has 0 bridgehead atoms. The number of fused-ring (bicyclic) bond motifs is 1. The van der Waals surface area contributed by atoms with Gasteiger partial charge < -0.3 is 4.74 Å². The van der Waals surface area contributed by atoms with Gasteiger partial charge in [0.25, 0.3) is 7.11 Å². The zero-order valence-corrected chi connectivity index (χ0v) is 15.8. The van der Waals surface area contributed by atoms with E-state index in [1.165, 1.54) is 27.8 Å². The lowest BCUT2D eigenvalue weighted by molar-refractivity contribution is -0.419. The number of benzene rings is 2. The Hall–Kier alpha value is -2.91. The zero-order chi connectivity index (χ0) is 18.6. The summed E-state index contributed by atoms with van der Waals surface area (Å²) in [6, 6.07) is 21.3. The first-order chi connectivity index (χ1) is 13.3. The van der Waals surface area contributed by atoms with Crippen LogP contribution in [0.15, 0.2) is 89.7 Å². The third-order valence-corrected chi connectivity index (χ3v) is 5.08. The first-order valence-corrected chi connectivity index (χ1v) is 9.21. The van der Waals surface area contributed by atoms with Gasteiger partial charge in [-0.15, -0.1) is 0 Å². The molecule has 0 fully saturated rings. The summed E-state index contributed by atoms with van der Waals surface area (Å²) >= 11 is 0. The summed E-state index contributed by atoms with van der Waals surface area (Å²) in [5, 5.41) is 0. The molecule has 0 unspecified atom stereocenters. The summed E-state index contributed by atoms with van der Waals surface area (Å²) in [5.41, 5.74) is 6.43. The minimum absolute atomic E-state index is 0.779. The van der Waals surface area contributed by atoms with Crippen LogP contribution in [0.3, 0.4) is 0 Å². The molecule has 27 heavy (non-hydrogen) atoms. The van der Waals surface area contributed by atoms with Crippen molar-refractivity contribution in [3.8, 4) is 0 Å². The van der Waals surface area contributed by atoms with Gasteiger partial charge in [-0.05, 0) is 33.9 Å². The number of allylic oxidation sites excluding steroid dienone is 2. The number of hydrogen-bond acceptors (Lipinski definition) is 2. The van der Waals surface area contributed by atoms with E-state index in [9.17, 15) is 0 Å². The van der Waals surface area contributed by atoms with Crippen molar-refractivity contribution >= 4 is 11.4 Å². The fraction of sp³-hybridized carbons (Fsp3) is 0.208. The van der Waals surface area contributed by atoms with Crippen molar-refractivity contribution in [3.05, 3.63) is 101 Å². The maximum absolute atomic E-state index is 5.56. The average molecular weight is 358 g/mol. The maximum atomic E-state index is 5.56. The van der Waals surface area contributed by atoms with Crippen LogP contribution in [0.2, 0.25) is 0 Å². The molecule has 0 spiro atoms. The number of rotatable bonds is 4. The SMILES string of the molecule is COC1=CC2=C(c3ccccc3)CN(Cc3ccccc3)CC2=CC1=[O+]C. The van der Waals surface area contributed by atoms with Gasteiger partial charge in [0.05, 0.1) is 13.2 Å². The number of carbonyl (C=O) groups excluding carboxylic acids is 1. The van der Waals surface area contributed by atoms with Crippen molar-refractivity contribution in [1.82, 2.24) is 4.90 Å². The van der Waals surface area contributed by atoms with Gasteiger partial charge in [0.1, 0.15) is 0 Å². The number of hydrogen-bond donors (Lipinski definition) is 0. The van der Waals surface area contributed by atoms with Crippen molar-refractivity contribution in [2.75, 3.05) is 27.3 Å². The topological polar surface area (TPSA) is 23.8 Å². The van der Waals surface area contributed by atoms with Crippen molar-refractivity contribution in [1.29, 1.82) is 0 Å². The van der Waals surface area contributed by atoms with E-state index in [0.717, 1.165) is 31.2 Å². The normalized spacial score (nSPS) is 18.8. The first-order valence-electron chi connectivity index (χ1n) is 9.21. The van der Waals surface area contributed by atoms with E-state index in [4.69, 9.17) is 9.16 Å². The molecule has 4 rings (SSSR count). The van der Waals surface area contributed by atoms with Crippen LogP contribution in [-0.2, 0) is 15.7 Å². The zero-order valence-electron chi connectivity index (χ0n) is 15.8. The smallest absolute Gasteiger partial charge is 0.384 e. The second-order valence-electron chi connectivity index (χ2n) is 6.84. The molecule has 0 N–H and O–H groups in total. The Kier molecular flexibility index (Phi) is 5.03. The van der Waals surface area contributed by atoms with Crippen molar-refractivity contribution in [3.63, 3.8) is 0 Å². The highest BCUT2D eigenvalue weighted by Crippen LogP contribution is 2.35. The van der Waals surface area contributed by atoms with E-state index in [1.54, 1.807) is 14.2 Å². The largest absolute Gasteiger partial charge is 0.488 e. The molecular formula is C24H24NO2+. The molecule has 0 saturated carbocycles. The number of ketones is 1. The standard InChI is InChI=1S/C24H24NO2/c1-26-23-13-20-16-25(15-18-9-5-3-6-10-18)17-22(19-11-7-4-8-12-19)21(20)14-24(23)27-2/h3-14H,15-17H2,1-2H3/q+1. The van der Waals surface area contributed by atoms with E-state index >= 15 is 0 Å². The van der Waals surface area contributed by atoms with Crippen LogP contribution in [0.1, 0.15) is 11.1 Å². The van der Waals surface area contributed by atoms with Crippen LogP contribution in [0.25, 0.3) is 5.57 Å². The molecule has 0 radical (unpaired) electrons. The maximum Gasteiger partial charge on any atom is 0.384 e. The highest BCUT2D eigenvalue weighted by molar-refractivity contribution is 6.07. The molecule has 0 aromatic heterocycles. The Morgan fingerprint density at radius 2 is 1.63 bits per heavy atom. The summed E-state index contributed by atoms with van der Waals surface area (Å²) in [4.78, 5) is 2.48. The van der Waals surface area contributed by atoms with Crippen molar-refractivity contribution < 1.29 is 9.16 Å². The molecule has 2 aromatic carbocycles. The van der Waals surface area contributed by atoms with E-state index < -0.39 is 0 Å². The van der Waals surface area contributed by atoms with Gasteiger partial charge in [-0.3, -0.25) is 9.32 Å². The van der Waals surface area contributed by atoms with Crippen LogP contribution in [-0.4, -0.2) is 38.0 Å². The summed E-state index contributed by atoms with van der Waals surface area (Å²) in [5.74, 6) is 1.56. The molecule has 136 valence electrons. The number of methoxy groups -OCH3 is 1. The van der Waals surface area contributed by atoms with Crippen molar-refractivity contribution in [2.24, 2.45) is 0 Å². The van der Waals surface area contributed by atoms with Crippen LogP contribution in [0.5, 0.6) is 0 Å².